The van der Waals surface area contributed by atoms with Crippen molar-refractivity contribution >= 4 is 29.1 Å². The molecule has 1 aromatic carbocycles. The van der Waals surface area contributed by atoms with E-state index in [-0.39, 0.29) is 0 Å². The Balaban J connectivity index is 2.26. The minimum atomic E-state index is 0.610. The summed E-state index contributed by atoms with van der Waals surface area (Å²) in [6.45, 7) is 2.21. The second kappa shape index (κ2) is 3.81. The lowest BCUT2D eigenvalue weighted by Crippen LogP contribution is -2.24. The molecule has 0 aromatic heterocycles. The summed E-state index contributed by atoms with van der Waals surface area (Å²) >= 11 is 7.79. The molecule has 70 valence electrons. The molecule has 1 aromatic rings. The smallest absolute Gasteiger partial charge is 0.0481 e. The Morgan fingerprint density at radius 3 is 3.23 bits per heavy atom. The largest absolute Gasteiger partial charge is 0.381 e. The lowest BCUT2D eigenvalue weighted by Gasteiger charge is -2.25. The molecule has 1 atom stereocenters. The Hall–Kier alpha value is -0.340. The molecule has 0 radical (unpaired) electrons. The van der Waals surface area contributed by atoms with Crippen LogP contribution in [-0.2, 0) is 0 Å². The minimum Gasteiger partial charge on any atom is -0.381 e. The average Bonchev–Trinajstić information content (AvgIpc) is 2.17. The van der Waals surface area contributed by atoms with E-state index in [1.54, 1.807) is 0 Å². The number of hydrogen-bond acceptors (Lipinski definition) is 2. The zero-order chi connectivity index (χ0) is 9.26. The number of rotatable bonds is 1. The van der Waals surface area contributed by atoms with Gasteiger partial charge in [0.2, 0.25) is 0 Å². The van der Waals surface area contributed by atoms with Crippen molar-refractivity contribution in [3.05, 3.63) is 23.2 Å². The van der Waals surface area contributed by atoms with Gasteiger partial charge in [0.25, 0.3) is 0 Å². The Bertz CT molecular complexity index is 314. The monoisotopic (exact) mass is 213 g/mol. The van der Waals surface area contributed by atoms with Crippen LogP contribution in [0.2, 0.25) is 5.02 Å². The van der Waals surface area contributed by atoms with Crippen LogP contribution < -0.4 is 5.32 Å². The predicted octanol–water partition coefficient (Wildman–Crippen LogP) is 3.64. The lowest BCUT2D eigenvalue weighted by atomic mass is 10.2. The molecular formula is C10H12ClNS. The summed E-state index contributed by atoms with van der Waals surface area (Å²) < 4.78 is 0. The molecule has 0 saturated heterocycles. The van der Waals surface area contributed by atoms with Gasteiger partial charge in [-0.05, 0) is 24.6 Å². The summed E-state index contributed by atoms with van der Waals surface area (Å²) in [5, 5.41) is 4.32. The molecule has 0 bridgehead atoms. The van der Waals surface area contributed by atoms with Crippen LogP contribution in [0.25, 0.3) is 0 Å². The van der Waals surface area contributed by atoms with Crippen molar-refractivity contribution in [2.24, 2.45) is 0 Å². The number of anilines is 1. The maximum absolute atomic E-state index is 5.91. The molecule has 1 heterocycles. The van der Waals surface area contributed by atoms with Gasteiger partial charge in [-0.2, -0.15) is 0 Å². The Morgan fingerprint density at radius 2 is 2.46 bits per heavy atom. The third-order valence-corrected chi connectivity index (χ3v) is 3.69. The van der Waals surface area contributed by atoms with Gasteiger partial charge in [-0.25, -0.2) is 0 Å². The van der Waals surface area contributed by atoms with E-state index in [1.165, 1.54) is 17.0 Å². The number of hydrogen-bond donors (Lipinski definition) is 1. The molecule has 0 saturated carbocycles. The van der Waals surface area contributed by atoms with E-state index in [0.717, 1.165) is 10.8 Å². The normalized spacial score (nSPS) is 20.6. The SMILES string of the molecule is CCC1CSc2cc(Cl)ccc2N1. The van der Waals surface area contributed by atoms with Gasteiger partial charge in [-0.1, -0.05) is 18.5 Å². The van der Waals surface area contributed by atoms with Gasteiger partial charge < -0.3 is 5.32 Å². The van der Waals surface area contributed by atoms with Crippen molar-refractivity contribution in [1.82, 2.24) is 0 Å². The van der Waals surface area contributed by atoms with E-state index in [9.17, 15) is 0 Å². The quantitative estimate of drug-likeness (QED) is 0.765. The number of benzene rings is 1. The highest BCUT2D eigenvalue weighted by molar-refractivity contribution is 7.99. The van der Waals surface area contributed by atoms with Gasteiger partial charge >= 0.3 is 0 Å². The fraction of sp³-hybridized carbons (Fsp3) is 0.400. The zero-order valence-electron chi connectivity index (χ0n) is 7.51. The Kier molecular flexibility index (Phi) is 2.70. The molecule has 0 amide bonds. The van der Waals surface area contributed by atoms with Gasteiger partial charge in [0.1, 0.15) is 0 Å². The number of thioether (sulfide) groups is 1. The van der Waals surface area contributed by atoms with Gasteiger partial charge in [0.15, 0.2) is 0 Å². The van der Waals surface area contributed by atoms with Crippen LogP contribution in [0.3, 0.4) is 0 Å². The lowest BCUT2D eigenvalue weighted by molar-refractivity contribution is 0.764. The molecular weight excluding hydrogens is 202 g/mol. The van der Waals surface area contributed by atoms with Crippen molar-refractivity contribution in [3.63, 3.8) is 0 Å². The van der Waals surface area contributed by atoms with Crippen molar-refractivity contribution in [3.8, 4) is 0 Å². The van der Waals surface area contributed by atoms with Crippen molar-refractivity contribution in [2.75, 3.05) is 11.1 Å². The van der Waals surface area contributed by atoms with E-state index in [4.69, 9.17) is 11.6 Å². The van der Waals surface area contributed by atoms with Crippen molar-refractivity contribution in [1.29, 1.82) is 0 Å². The molecule has 1 aliphatic heterocycles. The standard InChI is InChI=1S/C10H12ClNS/c1-2-8-6-13-10-5-7(11)3-4-9(10)12-8/h3-5,8,12H,2,6H2,1H3. The topological polar surface area (TPSA) is 12.0 Å². The van der Waals surface area contributed by atoms with Crippen LogP contribution in [0.4, 0.5) is 5.69 Å². The first kappa shape index (κ1) is 9.22. The third-order valence-electron chi connectivity index (χ3n) is 2.24. The van der Waals surface area contributed by atoms with Crippen molar-refractivity contribution in [2.45, 2.75) is 24.3 Å². The summed E-state index contributed by atoms with van der Waals surface area (Å²) in [6.07, 6.45) is 1.18. The summed E-state index contributed by atoms with van der Waals surface area (Å²) in [4.78, 5) is 1.28. The second-order valence-corrected chi connectivity index (χ2v) is 4.70. The number of nitrogens with one attached hydrogen (secondary N) is 1. The van der Waals surface area contributed by atoms with Gasteiger partial charge in [0.05, 0.1) is 0 Å². The molecule has 0 fully saturated rings. The first-order chi connectivity index (χ1) is 6.29. The Morgan fingerprint density at radius 1 is 1.62 bits per heavy atom. The third kappa shape index (κ3) is 1.94. The van der Waals surface area contributed by atoms with Gasteiger partial charge in [-0.3, -0.25) is 0 Å². The van der Waals surface area contributed by atoms with Crippen molar-refractivity contribution < 1.29 is 0 Å². The molecule has 1 unspecified atom stereocenters. The average molecular weight is 214 g/mol. The fourth-order valence-corrected chi connectivity index (χ4v) is 2.84. The molecule has 1 nitrogen and oxygen atoms in total. The molecule has 1 aliphatic rings. The maximum atomic E-state index is 5.91. The van der Waals surface area contributed by atoms with Crippen LogP contribution in [0.1, 0.15) is 13.3 Å². The van der Waals surface area contributed by atoms with Crippen LogP contribution >= 0.6 is 23.4 Å². The van der Waals surface area contributed by atoms with Crippen LogP contribution in [-0.4, -0.2) is 11.8 Å². The highest BCUT2D eigenvalue weighted by Crippen LogP contribution is 2.35. The highest BCUT2D eigenvalue weighted by atomic mass is 35.5. The molecule has 1 N–H and O–H groups in total. The molecule has 0 aliphatic carbocycles. The predicted molar refractivity (Wildman–Crippen MR) is 59.9 cm³/mol. The van der Waals surface area contributed by atoms with Gasteiger partial charge in [-0.15, -0.1) is 11.8 Å². The van der Waals surface area contributed by atoms with Gasteiger partial charge in [0, 0.05) is 27.4 Å². The van der Waals surface area contributed by atoms with Crippen LogP contribution in [0.15, 0.2) is 23.1 Å². The van der Waals surface area contributed by atoms with E-state index < -0.39 is 0 Å². The molecule has 13 heavy (non-hydrogen) atoms. The molecule has 2 rings (SSSR count). The molecule has 0 spiro atoms. The van der Waals surface area contributed by atoms with E-state index in [1.807, 2.05) is 23.9 Å². The number of fused-ring (bicyclic) bond motifs is 1. The minimum absolute atomic E-state index is 0.610. The van der Waals surface area contributed by atoms with Crippen LogP contribution in [0, 0.1) is 0 Å². The first-order valence-electron chi connectivity index (χ1n) is 4.48. The summed E-state index contributed by atoms with van der Waals surface area (Å²) in [5.74, 6) is 1.14. The second-order valence-electron chi connectivity index (χ2n) is 3.20. The number of halogens is 1. The van der Waals surface area contributed by atoms with E-state index >= 15 is 0 Å². The molecule has 3 heteroatoms. The summed E-state index contributed by atoms with van der Waals surface area (Å²) in [5.41, 5.74) is 1.23. The highest BCUT2D eigenvalue weighted by Gasteiger charge is 2.16. The van der Waals surface area contributed by atoms with Crippen LogP contribution in [0.5, 0.6) is 0 Å². The van der Waals surface area contributed by atoms with E-state index in [0.29, 0.717) is 6.04 Å². The zero-order valence-corrected chi connectivity index (χ0v) is 9.08. The van der Waals surface area contributed by atoms with E-state index in [2.05, 4.69) is 18.3 Å². The Labute approximate surface area is 87.9 Å². The summed E-state index contributed by atoms with van der Waals surface area (Å²) in [6, 6.07) is 6.64. The first-order valence-corrected chi connectivity index (χ1v) is 5.85. The summed E-state index contributed by atoms with van der Waals surface area (Å²) in [7, 11) is 0. The maximum Gasteiger partial charge on any atom is 0.0481 e. The fourth-order valence-electron chi connectivity index (χ4n) is 1.41.